The number of hydrogen-bond donors (Lipinski definition) is 1. The van der Waals surface area contributed by atoms with Crippen LogP contribution in [0.25, 0.3) is 5.65 Å². The lowest BCUT2D eigenvalue weighted by molar-refractivity contribution is 0.737. The van der Waals surface area contributed by atoms with E-state index in [1.54, 1.807) is 0 Å². The minimum atomic E-state index is 0.531. The van der Waals surface area contributed by atoms with Gasteiger partial charge in [0.2, 0.25) is 0 Å². The number of fused-ring (bicyclic) bond motifs is 1. The number of aryl methyl sites for hydroxylation is 1. The highest BCUT2D eigenvalue weighted by atomic mass is 15.1. The maximum atomic E-state index is 5.98. The molecule has 0 aliphatic heterocycles. The summed E-state index contributed by atoms with van der Waals surface area (Å²) in [5.41, 5.74) is 8.90. The van der Waals surface area contributed by atoms with Crippen molar-refractivity contribution in [1.29, 1.82) is 0 Å². The van der Waals surface area contributed by atoms with E-state index in [1.807, 2.05) is 12.1 Å². The van der Waals surface area contributed by atoms with E-state index in [4.69, 9.17) is 5.73 Å². The van der Waals surface area contributed by atoms with E-state index in [1.165, 1.54) is 18.5 Å². The summed E-state index contributed by atoms with van der Waals surface area (Å²) in [4.78, 5) is 4.38. The molecule has 0 spiro atoms. The molecule has 2 aromatic heterocycles. The Kier molecular flexibility index (Phi) is 4.46. The van der Waals surface area contributed by atoms with E-state index in [0.29, 0.717) is 5.82 Å². The third kappa shape index (κ3) is 2.90. The summed E-state index contributed by atoms with van der Waals surface area (Å²) in [6.07, 6.45) is 5.48. The Hall–Kier alpha value is -1.95. The van der Waals surface area contributed by atoms with Gasteiger partial charge in [-0.15, -0.1) is 0 Å². The molecule has 0 atom stereocenters. The maximum absolute atomic E-state index is 5.98. The standard InChI is InChI=1S/C16H21N3/c1-3-5-6-7-8-11-14-16(17)18-15-12-9-10-13(4-2)19(14)15/h9-10,12H,3-7,17H2,1-2H3. The molecule has 19 heavy (non-hydrogen) atoms. The number of aromatic nitrogens is 2. The van der Waals surface area contributed by atoms with Gasteiger partial charge in [0, 0.05) is 12.1 Å². The number of nitrogens with zero attached hydrogens (tertiary/aromatic N) is 2. The van der Waals surface area contributed by atoms with Crippen molar-refractivity contribution in [3.63, 3.8) is 0 Å². The van der Waals surface area contributed by atoms with Crippen LogP contribution in [0.5, 0.6) is 0 Å². The van der Waals surface area contributed by atoms with E-state index in [2.05, 4.69) is 41.1 Å². The molecule has 3 nitrogen and oxygen atoms in total. The molecule has 3 heteroatoms. The van der Waals surface area contributed by atoms with Crippen LogP contribution in [0.4, 0.5) is 5.82 Å². The lowest BCUT2D eigenvalue weighted by atomic mass is 10.2. The van der Waals surface area contributed by atoms with Crippen LogP contribution in [-0.4, -0.2) is 9.38 Å². The summed E-state index contributed by atoms with van der Waals surface area (Å²) >= 11 is 0. The third-order valence-electron chi connectivity index (χ3n) is 3.23. The first-order chi connectivity index (χ1) is 9.27. The summed E-state index contributed by atoms with van der Waals surface area (Å²) in [7, 11) is 0. The molecule has 2 rings (SSSR count). The average molecular weight is 255 g/mol. The van der Waals surface area contributed by atoms with Crippen molar-refractivity contribution in [2.45, 2.75) is 46.0 Å². The SMILES string of the molecule is CCCCCC#Cc1c(N)nc2cccc(CC)n12. The monoisotopic (exact) mass is 255 g/mol. The first-order valence-corrected chi connectivity index (χ1v) is 7.02. The van der Waals surface area contributed by atoms with Gasteiger partial charge in [-0.05, 0) is 30.9 Å². The van der Waals surface area contributed by atoms with Crippen LogP contribution in [0, 0.1) is 11.8 Å². The molecule has 2 N–H and O–H groups in total. The minimum absolute atomic E-state index is 0.531. The molecule has 2 heterocycles. The molecule has 0 unspecified atom stereocenters. The number of rotatable bonds is 4. The number of imidazole rings is 1. The molecule has 0 radical (unpaired) electrons. The largest absolute Gasteiger partial charge is 0.381 e. The Bertz CT molecular complexity index is 614. The van der Waals surface area contributed by atoms with Crippen molar-refractivity contribution in [3.05, 3.63) is 29.6 Å². The Morgan fingerprint density at radius 2 is 2.11 bits per heavy atom. The maximum Gasteiger partial charge on any atom is 0.159 e. The van der Waals surface area contributed by atoms with Crippen molar-refractivity contribution in [2.75, 3.05) is 5.73 Å². The number of pyridine rings is 1. The van der Waals surface area contributed by atoms with Gasteiger partial charge in [-0.1, -0.05) is 38.7 Å². The minimum Gasteiger partial charge on any atom is -0.381 e. The van der Waals surface area contributed by atoms with Crippen LogP contribution in [0.15, 0.2) is 18.2 Å². The molecule has 0 saturated heterocycles. The first kappa shape index (κ1) is 13.5. The highest BCUT2D eigenvalue weighted by molar-refractivity contribution is 5.58. The second-order valence-electron chi connectivity index (χ2n) is 4.67. The van der Waals surface area contributed by atoms with E-state index in [9.17, 15) is 0 Å². The average Bonchev–Trinajstić information content (AvgIpc) is 2.74. The molecule has 0 saturated carbocycles. The number of nitrogens with two attached hydrogens (primary N) is 1. The number of nitrogen functional groups attached to an aromatic ring is 1. The number of unbranched alkanes of at least 4 members (excludes halogenated alkanes) is 3. The normalized spacial score (nSPS) is 10.4. The van der Waals surface area contributed by atoms with Crippen LogP contribution in [0.3, 0.4) is 0 Å². The topological polar surface area (TPSA) is 43.3 Å². The number of hydrogen-bond acceptors (Lipinski definition) is 2. The molecule has 2 aromatic rings. The quantitative estimate of drug-likeness (QED) is 0.672. The Balaban J connectivity index is 2.34. The molecule has 0 aliphatic carbocycles. The Morgan fingerprint density at radius 3 is 2.84 bits per heavy atom. The predicted molar refractivity (Wildman–Crippen MR) is 80.0 cm³/mol. The summed E-state index contributed by atoms with van der Waals surface area (Å²) in [5.74, 6) is 6.94. The van der Waals surface area contributed by atoms with Gasteiger partial charge < -0.3 is 5.73 Å². The summed E-state index contributed by atoms with van der Waals surface area (Å²) < 4.78 is 2.07. The van der Waals surface area contributed by atoms with Gasteiger partial charge >= 0.3 is 0 Å². The van der Waals surface area contributed by atoms with Gasteiger partial charge in [0.15, 0.2) is 5.82 Å². The van der Waals surface area contributed by atoms with Gasteiger partial charge in [0.1, 0.15) is 11.3 Å². The third-order valence-corrected chi connectivity index (χ3v) is 3.23. The lowest BCUT2D eigenvalue weighted by Crippen LogP contribution is -1.98. The first-order valence-electron chi connectivity index (χ1n) is 7.02. The zero-order valence-corrected chi connectivity index (χ0v) is 11.7. The fourth-order valence-electron chi connectivity index (χ4n) is 2.18. The molecule has 0 amide bonds. The van der Waals surface area contributed by atoms with Crippen molar-refractivity contribution in [3.8, 4) is 11.8 Å². The van der Waals surface area contributed by atoms with E-state index in [0.717, 1.165) is 30.6 Å². The van der Waals surface area contributed by atoms with Crippen LogP contribution in [0.2, 0.25) is 0 Å². The molecule has 0 aromatic carbocycles. The second-order valence-corrected chi connectivity index (χ2v) is 4.67. The Morgan fingerprint density at radius 1 is 1.26 bits per heavy atom. The van der Waals surface area contributed by atoms with E-state index in [-0.39, 0.29) is 0 Å². The molecule has 0 bridgehead atoms. The number of anilines is 1. The fourth-order valence-corrected chi connectivity index (χ4v) is 2.18. The van der Waals surface area contributed by atoms with E-state index >= 15 is 0 Å². The fraction of sp³-hybridized carbons (Fsp3) is 0.438. The van der Waals surface area contributed by atoms with Crippen molar-refractivity contribution in [1.82, 2.24) is 9.38 Å². The molecule has 100 valence electrons. The molecule has 0 aliphatic rings. The van der Waals surface area contributed by atoms with Crippen LogP contribution >= 0.6 is 0 Å². The van der Waals surface area contributed by atoms with Crippen molar-refractivity contribution < 1.29 is 0 Å². The van der Waals surface area contributed by atoms with Crippen molar-refractivity contribution >= 4 is 11.5 Å². The Labute approximate surface area is 114 Å². The van der Waals surface area contributed by atoms with E-state index < -0.39 is 0 Å². The van der Waals surface area contributed by atoms with Gasteiger partial charge in [-0.2, -0.15) is 0 Å². The van der Waals surface area contributed by atoms with Gasteiger partial charge in [0.05, 0.1) is 0 Å². The summed E-state index contributed by atoms with van der Waals surface area (Å²) in [6, 6.07) is 6.08. The highest BCUT2D eigenvalue weighted by Crippen LogP contribution is 2.16. The van der Waals surface area contributed by atoms with Gasteiger partial charge in [0.25, 0.3) is 0 Å². The molecular weight excluding hydrogens is 234 g/mol. The highest BCUT2D eigenvalue weighted by Gasteiger charge is 2.09. The molecule has 0 fully saturated rings. The zero-order chi connectivity index (χ0) is 13.7. The van der Waals surface area contributed by atoms with Crippen LogP contribution in [-0.2, 0) is 6.42 Å². The van der Waals surface area contributed by atoms with Crippen LogP contribution < -0.4 is 5.73 Å². The predicted octanol–water partition coefficient (Wildman–Crippen LogP) is 3.41. The molecular formula is C16H21N3. The van der Waals surface area contributed by atoms with Gasteiger partial charge in [-0.25, -0.2) is 4.98 Å². The van der Waals surface area contributed by atoms with Gasteiger partial charge in [-0.3, -0.25) is 4.40 Å². The second kappa shape index (κ2) is 6.29. The smallest absolute Gasteiger partial charge is 0.159 e. The summed E-state index contributed by atoms with van der Waals surface area (Å²) in [6.45, 7) is 4.33. The zero-order valence-electron chi connectivity index (χ0n) is 11.7. The van der Waals surface area contributed by atoms with Crippen molar-refractivity contribution in [2.24, 2.45) is 0 Å². The summed E-state index contributed by atoms with van der Waals surface area (Å²) in [5, 5.41) is 0. The lowest BCUT2D eigenvalue weighted by Gasteiger charge is -2.03. The van der Waals surface area contributed by atoms with Crippen LogP contribution in [0.1, 0.15) is 50.9 Å².